The molecule has 6 heteroatoms. The normalized spacial score (nSPS) is 19.1. The van der Waals surface area contributed by atoms with Gasteiger partial charge in [-0.15, -0.1) is 0 Å². The van der Waals surface area contributed by atoms with Crippen LogP contribution in [0.5, 0.6) is 0 Å². The molecule has 1 fully saturated rings. The Bertz CT molecular complexity index is 567. The Kier molecular flexibility index (Phi) is 6.59. The molecular weight excluding hydrogens is 310 g/mol. The van der Waals surface area contributed by atoms with Gasteiger partial charge in [-0.2, -0.15) is 0 Å². The van der Waals surface area contributed by atoms with E-state index in [9.17, 15) is 8.42 Å². The second-order valence-electron chi connectivity index (χ2n) is 6.79. The molecule has 1 aliphatic rings. The van der Waals surface area contributed by atoms with Gasteiger partial charge < -0.3 is 4.90 Å². The highest BCUT2D eigenvalue weighted by molar-refractivity contribution is 7.89. The lowest BCUT2D eigenvalue weighted by Gasteiger charge is -2.38. The third kappa shape index (κ3) is 5.57. The van der Waals surface area contributed by atoms with Crippen molar-refractivity contribution in [3.8, 4) is 0 Å². The van der Waals surface area contributed by atoms with Crippen LogP contribution in [0.15, 0.2) is 35.2 Å². The van der Waals surface area contributed by atoms with Crippen LogP contribution in [0.25, 0.3) is 0 Å². The maximum atomic E-state index is 12.4. The summed E-state index contributed by atoms with van der Waals surface area (Å²) >= 11 is 0. The van der Waals surface area contributed by atoms with Gasteiger partial charge in [-0.3, -0.25) is 4.90 Å². The maximum Gasteiger partial charge on any atom is 0.240 e. The van der Waals surface area contributed by atoms with Gasteiger partial charge in [-0.25, -0.2) is 13.1 Å². The van der Waals surface area contributed by atoms with Crippen LogP contribution in [-0.4, -0.2) is 64.0 Å². The number of sulfonamides is 1. The third-order valence-electron chi connectivity index (χ3n) is 4.36. The van der Waals surface area contributed by atoms with E-state index in [1.165, 1.54) is 0 Å². The highest BCUT2D eigenvalue weighted by Crippen LogP contribution is 2.15. The molecule has 1 aliphatic heterocycles. The predicted molar refractivity (Wildman–Crippen MR) is 93.9 cm³/mol. The molecule has 130 valence electrons. The van der Waals surface area contributed by atoms with Crippen molar-refractivity contribution in [2.24, 2.45) is 5.92 Å². The first-order valence-electron chi connectivity index (χ1n) is 8.36. The van der Waals surface area contributed by atoms with E-state index in [4.69, 9.17) is 0 Å². The van der Waals surface area contributed by atoms with Crippen molar-refractivity contribution >= 4 is 10.0 Å². The topological polar surface area (TPSA) is 52.7 Å². The summed E-state index contributed by atoms with van der Waals surface area (Å²) < 4.78 is 27.6. The first kappa shape index (κ1) is 18.4. The summed E-state index contributed by atoms with van der Waals surface area (Å²) in [5, 5.41) is 0. The fourth-order valence-corrected chi connectivity index (χ4v) is 4.08. The number of likely N-dealkylation sites (N-methyl/N-ethyl adjacent to an activating group) is 1. The molecule has 2 rings (SSSR count). The lowest BCUT2D eigenvalue weighted by Crippen LogP contribution is -2.52. The first-order valence-corrected chi connectivity index (χ1v) is 9.84. The summed E-state index contributed by atoms with van der Waals surface area (Å²) in [6, 6.07) is 8.85. The molecule has 0 bridgehead atoms. The minimum absolute atomic E-state index is 0.252. The summed E-state index contributed by atoms with van der Waals surface area (Å²) in [7, 11) is -1.30. The summed E-state index contributed by atoms with van der Waals surface area (Å²) in [6.45, 7) is 8.94. The SMILES string of the molecule is CC(C)CC(CNS(=O)(=O)c1ccccc1)N1CCN(C)CC1. The molecule has 0 amide bonds. The van der Waals surface area contributed by atoms with Crippen molar-refractivity contribution in [3.05, 3.63) is 30.3 Å². The molecular formula is C17H29N3O2S. The van der Waals surface area contributed by atoms with Crippen LogP contribution in [0.2, 0.25) is 0 Å². The zero-order chi connectivity index (χ0) is 16.9. The van der Waals surface area contributed by atoms with E-state index in [0.717, 1.165) is 32.6 Å². The number of nitrogens with one attached hydrogen (secondary N) is 1. The highest BCUT2D eigenvalue weighted by atomic mass is 32.2. The molecule has 1 aromatic rings. The third-order valence-corrected chi connectivity index (χ3v) is 5.80. The van der Waals surface area contributed by atoms with Crippen molar-refractivity contribution in [2.75, 3.05) is 39.8 Å². The Morgan fingerprint density at radius 3 is 2.26 bits per heavy atom. The zero-order valence-electron chi connectivity index (χ0n) is 14.4. The minimum Gasteiger partial charge on any atom is -0.304 e. The monoisotopic (exact) mass is 339 g/mol. The molecule has 0 saturated carbocycles. The zero-order valence-corrected chi connectivity index (χ0v) is 15.2. The molecule has 5 nitrogen and oxygen atoms in total. The molecule has 0 spiro atoms. The molecule has 1 unspecified atom stereocenters. The van der Waals surface area contributed by atoms with E-state index in [0.29, 0.717) is 17.4 Å². The van der Waals surface area contributed by atoms with Crippen LogP contribution in [0.3, 0.4) is 0 Å². The van der Waals surface area contributed by atoms with Gasteiger partial charge in [0.15, 0.2) is 0 Å². The maximum absolute atomic E-state index is 12.4. The van der Waals surface area contributed by atoms with E-state index in [1.807, 2.05) is 6.07 Å². The van der Waals surface area contributed by atoms with Crippen LogP contribution in [-0.2, 0) is 10.0 Å². The van der Waals surface area contributed by atoms with Gasteiger partial charge in [0.25, 0.3) is 0 Å². The molecule has 0 radical (unpaired) electrons. The Hall–Kier alpha value is -0.950. The van der Waals surface area contributed by atoms with E-state index in [2.05, 4.69) is 35.4 Å². The van der Waals surface area contributed by atoms with Crippen molar-refractivity contribution < 1.29 is 8.42 Å². The number of hydrogen-bond acceptors (Lipinski definition) is 4. The van der Waals surface area contributed by atoms with Crippen molar-refractivity contribution in [1.29, 1.82) is 0 Å². The van der Waals surface area contributed by atoms with Crippen LogP contribution in [0, 0.1) is 5.92 Å². The van der Waals surface area contributed by atoms with Crippen LogP contribution >= 0.6 is 0 Å². The van der Waals surface area contributed by atoms with Gasteiger partial charge in [0.2, 0.25) is 10.0 Å². The number of rotatable bonds is 7. The van der Waals surface area contributed by atoms with Gasteiger partial charge >= 0.3 is 0 Å². The van der Waals surface area contributed by atoms with Gasteiger partial charge in [-0.1, -0.05) is 32.0 Å². The number of nitrogens with zero attached hydrogens (tertiary/aromatic N) is 2. The summed E-state index contributed by atoms with van der Waals surface area (Å²) in [5.74, 6) is 0.542. The molecule has 1 atom stereocenters. The van der Waals surface area contributed by atoms with Gasteiger partial charge in [0, 0.05) is 38.8 Å². The molecule has 0 aliphatic carbocycles. The van der Waals surface area contributed by atoms with E-state index in [1.54, 1.807) is 24.3 Å². The van der Waals surface area contributed by atoms with Gasteiger partial charge in [0.1, 0.15) is 0 Å². The number of piperazine rings is 1. The number of benzene rings is 1. The van der Waals surface area contributed by atoms with Crippen molar-refractivity contribution in [1.82, 2.24) is 14.5 Å². The molecule has 1 heterocycles. The lowest BCUT2D eigenvalue weighted by molar-refractivity contribution is 0.102. The van der Waals surface area contributed by atoms with Crippen LogP contribution in [0.4, 0.5) is 0 Å². The van der Waals surface area contributed by atoms with Gasteiger partial charge in [-0.05, 0) is 31.5 Å². The quantitative estimate of drug-likeness (QED) is 0.820. The Labute approximate surface area is 140 Å². The first-order chi connectivity index (χ1) is 10.9. The van der Waals surface area contributed by atoms with Crippen LogP contribution < -0.4 is 4.72 Å². The highest BCUT2D eigenvalue weighted by Gasteiger charge is 2.25. The smallest absolute Gasteiger partial charge is 0.240 e. The molecule has 1 N–H and O–H groups in total. The largest absolute Gasteiger partial charge is 0.304 e. The van der Waals surface area contributed by atoms with E-state index >= 15 is 0 Å². The molecule has 23 heavy (non-hydrogen) atoms. The minimum atomic E-state index is -3.43. The van der Waals surface area contributed by atoms with Crippen molar-refractivity contribution in [3.63, 3.8) is 0 Å². The molecule has 0 aromatic heterocycles. The predicted octanol–water partition coefficient (Wildman–Crippen LogP) is 1.63. The standard InChI is InChI=1S/C17H29N3O2S/c1-15(2)13-16(20-11-9-19(3)10-12-20)14-18-23(21,22)17-7-5-4-6-8-17/h4-8,15-16,18H,9-14H2,1-3H3. The fourth-order valence-electron chi connectivity index (χ4n) is 2.98. The Morgan fingerprint density at radius 1 is 1.09 bits per heavy atom. The Morgan fingerprint density at radius 2 is 1.70 bits per heavy atom. The van der Waals surface area contributed by atoms with E-state index < -0.39 is 10.0 Å². The molecule has 1 saturated heterocycles. The summed E-state index contributed by atoms with van der Waals surface area (Å²) in [5.41, 5.74) is 0. The van der Waals surface area contributed by atoms with E-state index in [-0.39, 0.29) is 6.04 Å². The van der Waals surface area contributed by atoms with Crippen LogP contribution in [0.1, 0.15) is 20.3 Å². The Balaban J connectivity index is 2.00. The average molecular weight is 340 g/mol. The molecule has 1 aromatic carbocycles. The second-order valence-corrected chi connectivity index (χ2v) is 8.55. The second kappa shape index (κ2) is 8.24. The fraction of sp³-hybridized carbons (Fsp3) is 0.647. The van der Waals surface area contributed by atoms with Gasteiger partial charge in [0.05, 0.1) is 4.90 Å². The summed E-state index contributed by atoms with van der Waals surface area (Å²) in [6.07, 6.45) is 1.00. The lowest BCUT2D eigenvalue weighted by atomic mass is 10.0. The van der Waals surface area contributed by atoms with Crippen molar-refractivity contribution in [2.45, 2.75) is 31.2 Å². The number of hydrogen-bond donors (Lipinski definition) is 1. The average Bonchev–Trinajstić information content (AvgIpc) is 2.53. The summed E-state index contributed by atoms with van der Waals surface area (Å²) in [4.78, 5) is 5.08.